The fraction of sp³-hybridized carbons (Fsp3) is 0.615. The summed E-state index contributed by atoms with van der Waals surface area (Å²) in [7, 11) is 1.29. The second kappa shape index (κ2) is 16.4. The molecule has 0 radical (unpaired) electrons. The van der Waals surface area contributed by atoms with Gasteiger partial charge in [-0.1, -0.05) is 43.7 Å². The summed E-state index contributed by atoms with van der Waals surface area (Å²) in [5.41, 5.74) is 0.312. The fourth-order valence-corrected chi connectivity index (χ4v) is 3.13. The van der Waals surface area contributed by atoms with E-state index in [0.717, 1.165) is 18.4 Å². The van der Waals surface area contributed by atoms with E-state index in [4.69, 9.17) is 9.47 Å². The molecule has 36 heavy (non-hydrogen) atoms. The zero-order chi connectivity index (χ0) is 27.0. The van der Waals surface area contributed by atoms with Gasteiger partial charge in [-0.2, -0.15) is 0 Å². The number of carbonyl (C=O) groups excluding carboxylic acids is 4. The Bertz CT molecular complexity index is 825. The molecule has 0 aliphatic rings. The van der Waals surface area contributed by atoms with E-state index in [0.29, 0.717) is 13.0 Å². The maximum Gasteiger partial charge on any atom is 0.410 e. The lowest BCUT2D eigenvalue weighted by Crippen LogP contribution is -2.41. The number of nitrogens with zero attached hydrogens (tertiary/aromatic N) is 1. The van der Waals surface area contributed by atoms with Crippen LogP contribution in [-0.4, -0.2) is 67.9 Å². The van der Waals surface area contributed by atoms with Gasteiger partial charge in [-0.15, -0.1) is 0 Å². The van der Waals surface area contributed by atoms with Crippen LogP contribution in [0.1, 0.15) is 58.9 Å². The third kappa shape index (κ3) is 14.2. The van der Waals surface area contributed by atoms with E-state index in [1.807, 2.05) is 37.3 Å². The normalized spacial score (nSPS) is 11.7. The second-order valence-corrected chi connectivity index (χ2v) is 9.47. The van der Waals surface area contributed by atoms with Gasteiger partial charge in [0.2, 0.25) is 5.91 Å². The van der Waals surface area contributed by atoms with Crippen LogP contribution in [0.5, 0.6) is 0 Å². The summed E-state index contributed by atoms with van der Waals surface area (Å²) in [5, 5.41) is 5.53. The van der Waals surface area contributed by atoms with E-state index < -0.39 is 23.8 Å². The van der Waals surface area contributed by atoms with Crippen molar-refractivity contribution in [2.24, 2.45) is 5.92 Å². The van der Waals surface area contributed by atoms with E-state index in [-0.39, 0.29) is 44.5 Å². The highest BCUT2D eigenvalue weighted by atomic mass is 16.6. The van der Waals surface area contributed by atoms with Crippen molar-refractivity contribution in [2.45, 2.75) is 65.6 Å². The minimum atomic E-state index is -0.567. The molecule has 0 saturated heterocycles. The Kier molecular flexibility index (Phi) is 14.0. The number of alkyl carbamates (subject to hydrolysis) is 1. The lowest BCUT2D eigenvalue weighted by Gasteiger charge is -2.22. The average molecular weight is 508 g/mol. The highest BCUT2D eigenvalue weighted by Crippen LogP contribution is 2.09. The van der Waals surface area contributed by atoms with Crippen molar-refractivity contribution in [3.8, 4) is 0 Å². The number of rotatable bonds is 14. The molecule has 0 aliphatic heterocycles. The van der Waals surface area contributed by atoms with Gasteiger partial charge < -0.3 is 29.7 Å². The van der Waals surface area contributed by atoms with Gasteiger partial charge in [-0.05, 0) is 39.2 Å². The maximum atomic E-state index is 12.6. The SMILES string of the molecule is COC(=O)CCN(CCNC(=O)[C@@H](C)CCCCNC(=O)OC(C)(C)C)C(=O)OCc1ccccc1. The molecule has 3 amide bonds. The molecule has 0 aromatic heterocycles. The van der Waals surface area contributed by atoms with Crippen molar-refractivity contribution in [3.05, 3.63) is 35.9 Å². The van der Waals surface area contributed by atoms with Gasteiger partial charge in [-0.3, -0.25) is 9.59 Å². The van der Waals surface area contributed by atoms with Crippen molar-refractivity contribution >= 4 is 24.1 Å². The Morgan fingerprint density at radius 1 is 0.972 bits per heavy atom. The van der Waals surface area contributed by atoms with Crippen molar-refractivity contribution in [2.75, 3.05) is 33.3 Å². The van der Waals surface area contributed by atoms with Crippen LogP contribution in [0.25, 0.3) is 0 Å². The summed E-state index contributed by atoms with van der Waals surface area (Å²) in [6.45, 7) is 8.38. The molecule has 1 atom stereocenters. The predicted octanol–water partition coefficient (Wildman–Crippen LogP) is 3.64. The Labute approximate surface area is 214 Å². The van der Waals surface area contributed by atoms with E-state index in [9.17, 15) is 19.2 Å². The zero-order valence-electron chi connectivity index (χ0n) is 22.1. The van der Waals surface area contributed by atoms with Gasteiger partial charge in [-0.25, -0.2) is 9.59 Å². The number of esters is 1. The Morgan fingerprint density at radius 3 is 2.31 bits per heavy atom. The molecule has 10 nitrogen and oxygen atoms in total. The van der Waals surface area contributed by atoms with Crippen molar-refractivity contribution in [3.63, 3.8) is 0 Å². The second-order valence-electron chi connectivity index (χ2n) is 9.47. The van der Waals surface area contributed by atoms with Gasteiger partial charge >= 0.3 is 18.2 Å². The van der Waals surface area contributed by atoms with E-state index in [1.54, 1.807) is 20.8 Å². The number of methoxy groups -OCH3 is 1. The minimum absolute atomic E-state index is 0.0264. The smallest absolute Gasteiger partial charge is 0.410 e. The average Bonchev–Trinajstić information content (AvgIpc) is 2.83. The number of hydrogen-bond donors (Lipinski definition) is 2. The molecule has 0 spiro atoms. The number of unbranched alkanes of at least 4 members (excludes halogenated alkanes) is 1. The molecule has 1 aromatic rings. The molecule has 0 heterocycles. The van der Waals surface area contributed by atoms with Gasteiger partial charge in [0.1, 0.15) is 12.2 Å². The molecule has 0 bridgehead atoms. The molecule has 1 aromatic carbocycles. The number of carbonyl (C=O) groups is 4. The molecule has 0 saturated carbocycles. The molecule has 0 fully saturated rings. The third-order valence-corrected chi connectivity index (χ3v) is 5.14. The summed E-state index contributed by atoms with van der Waals surface area (Å²) >= 11 is 0. The third-order valence-electron chi connectivity index (χ3n) is 5.14. The van der Waals surface area contributed by atoms with Crippen LogP contribution in [0.15, 0.2) is 30.3 Å². The molecular formula is C26H41N3O7. The first-order valence-electron chi connectivity index (χ1n) is 12.3. The Hall–Kier alpha value is -3.30. The molecule has 0 aliphatic carbocycles. The summed E-state index contributed by atoms with van der Waals surface area (Å²) in [5.74, 6) is -0.782. The van der Waals surface area contributed by atoms with Crippen LogP contribution >= 0.6 is 0 Å². The van der Waals surface area contributed by atoms with E-state index in [2.05, 4.69) is 15.4 Å². The quantitative estimate of drug-likeness (QED) is 0.224. The molecule has 10 heteroatoms. The Balaban J connectivity index is 2.38. The largest absolute Gasteiger partial charge is 0.469 e. The van der Waals surface area contributed by atoms with Crippen LogP contribution in [0.4, 0.5) is 9.59 Å². The van der Waals surface area contributed by atoms with Crippen molar-refractivity contribution in [1.29, 1.82) is 0 Å². The standard InChI is InChI=1S/C26H41N3O7/c1-20(11-9-10-15-28-24(32)36-26(2,3)4)23(31)27-16-18-29(17-14-22(30)34-5)25(33)35-19-21-12-7-6-8-13-21/h6-8,12-13,20H,9-11,14-19H2,1-5H3,(H,27,31)(H,28,32)/t20-/m0/s1. The molecule has 202 valence electrons. The molecular weight excluding hydrogens is 466 g/mol. The summed E-state index contributed by atoms with van der Waals surface area (Å²) in [4.78, 5) is 49.5. The van der Waals surface area contributed by atoms with Crippen molar-refractivity contribution in [1.82, 2.24) is 15.5 Å². The van der Waals surface area contributed by atoms with Crippen LogP contribution in [0.3, 0.4) is 0 Å². The highest BCUT2D eigenvalue weighted by molar-refractivity contribution is 5.78. The first-order valence-corrected chi connectivity index (χ1v) is 12.3. The minimum Gasteiger partial charge on any atom is -0.469 e. The fourth-order valence-electron chi connectivity index (χ4n) is 3.13. The topological polar surface area (TPSA) is 123 Å². The predicted molar refractivity (Wildman–Crippen MR) is 135 cm³/mol. The summed E-state index contributed by atoms with van der Waals surface area (Å²) in [6, 6.07) is 9.28. The van der Waals surface area contributed by atoms with Gasteiger partial charge in [0.25, 0.3) is 0 Å². The number of ether oxygens (including phenoxy) is 3. The number of amides is 3. The van der Waals surface area contributed by atoms with Gasteiger partial charge in [0.15, 0.2) is 0 Å². The maximum absolute atomic E-state index is 12.6. The molecule has 1 rings (SSSR count). The first-order chi connectivity index (χ1) is 17.0. The van der Waals surface area contributed by atoms with Crippen LogP contribution < -0.4 is 10.6 Å². The number of hydrogen-bond acceptors (Lipinski definition) is 7. The van der Waals surface area contributed by atoms with Crippen molar-refractivity contribution < 1.29 is 33.4 Å². The highest BCUT2D eigenvalue weighted by Gasteiger charge is 2.19. The molecule has 0 unspecified atom stereocenters. The molecule has 2 N–H and O–H groups in total. The lowest BCUT2D eigenvalue weighted by molar-refractivity contribution is -0.140. The van der Waals surface area contributed by atoms with Crippen LogP contribution in [0.2, 0.25) is 0 Å². The van der Waals surface area contributed by atoms with Gasteiger partial charge in [0, 0.05) is 32.1 Å². The number of benzene rings is 1. The lowest BCUT2D eigenvalue weighted by atomic mass is 10.0. The van der Waals surface area contributed by atoms with Crippen LogP contribution in [0, 0.1) is 5.92 Å². The van der Waals surface area contributed by atoms with E-state index >= 15 is 0 Å². The monoisotopic (exact) mass is 507 g/mol. The Morgan fingerprint density at radius 2 is 1.67 bits per heavy atom. The first kappa shape index (κ1) is 30.7. The number of nitrogens with one attached hydrogen (secondary N) is 2. The van der Waals surface area contributed by atoms with Crippen LogP contribution in [-0.2, 0) is 30.4 Å². The zero-order valence-corrected chi connectivity index (χ0v) is 22.1. The summed E-state index contributed by atoms with van der Waals surface area (Å²) in [6.07, 6.45) is 1.16. The summed E-state index contributed by atoms with van der Waals surface area (Å²) < 4.78 is 15.2. The van der Waals surface area contributed by atoms with E-state index in [1.165, 1.54) is 12.0 Å². The van der Waals surface area contributed by atoms with Gasteiger partial charge in [0.05, 0.1) is 13.5 Å².